The minimum Gasteiger partial charge on any atom is -0.340 e. The van der Waals surface area contributed by atoms with Crippen molar-refractivity contribution < 1.29 is 0 Å². The highest BCUT2D eigenvalue weighted by Crippen LogP contribution is 2.16. The van der Waals surface area contributed by atoms with E-state index in [1.165, 1.54) is 10.2 Å². The topological polar surface area (TPSA) is 64.2 Å². The van der Waals surface area contributed by atoms with Crippen LogP contribution >= 0.6 is 0 Å². The number of anilines is 2. The van der Waals surface area contributed by atoms with Gasteiger partial charge in [0.15, 0.2) is 0 Å². The molecule has 0 aliphatic rings. The molecule has 0 bridgehead atoms. The van der Waals surface area contributed by atoms with Gasteiger partial charge >= 0.3 is 5.69 Å². The monoisotopic (exact) mass is 311 g/mol. The van der Waals surface area contributed by atoms with E-state index in [-0.39, 0.29) is 5.69 Å². The fraction of sp³-hybridized carbons (Fsp3) is 0.353. The fourth-order valence-corrected chi connectivity index (χ4v) is 2.48. The van der Waals surface area contributed by atoms with Crippen molar-refractivity contribution in [2.24, 2.45) is 0 Å². The average Bonchev–Trinajstić information content (AvgIpc) is 2.84. The van der Waals surface area contributed by atoms with E-state index in [4.69, 9.17) is 0 Å². The number of hydrogen-bond donors (Lipinski definition) is 1. The van der Waals surface area contributed by atoms with Crippen LogP contribution in [0.15, 0.2) is 35.1 Å². The zero-order chi connectivity index (χ0) is 16.4. The van der Waals surface area contributed by atoms with Crippen molar-refractivity contribution in [1.29, 1.82) is 0 Å². The molecule has 0 radical (unpaired) electrons. The van der Waals surface area contributed by atoms with Crippen LogP contribution in [-0.2, 0) is 6.54 Å². The van der Waals surface area contributed by atoms with Gasteiger partial charge in [-0.2, -0.15) is 4.98 Å². The first-order chi connectivity index (χ1) is 11.1. The van der Waals surface area contributed by atoms with E-state index in [1.54, 1.807) is 4.40 Å². The van der Waals surface area contributed by atoms with Gasteiger partial charge in [-0.1, -0.05) is 31.0 Å². The molecule has 0 amide bonds. The highest BCUT2D eigenvalue weighted by Gasteiger charge is 2.11. The van der Waals surface area contributed by atoms with Gasteiger partial charge < -0.3 is 5.32 Å². The summed E-state index contributed by atoms with van der Waals surface area (Å²) in [5, 5.41) is 7.60. The summed E-state index contributed by atoms with van der Waals surface area (Å²) in [6.07, 6.45) is 1.95. The summed E-state index contributed by atoms with van der Waals surface area (Å²) in [7, 11) is 0. The third-order valence-corrected chi connectivity index (χ3v) is 3.79. The van der Waals surface area contributed by atoms with Gasteiger partial charge in [0, 0.05) is 24.0 Å². The van der Waals surface area contributed by atoms with Crippen LogP contribution in [0.5, 0.6) is 0 Å². The lowest BCUT2D eigenvalue weighted by Gasteiger charge is -2.07. The van der Waals surface area contributed by atoms with E-state index in [9.17, 15) is 4.79 Å². The summed E-state index contributed by atoms with van der Waals surface area (Å²) >= 11 is 0. The molecule has 0 unspecified atom stereocenters. The Bertz CT molecular complexity index is 876. The number of nitrogens with one attached hydrogen (secondary N) is 1. The van der Waals surface area contributed by atoms with Crippen LogP contribution in [0.25, 0.3) is 5.78 Å². The van der Waals surface area contributed by atoms with Crippen molar-refractivity contribution in [1.82, 2.24) is 19.2 Å². The molecule has 120 valence electrons. The Hall–Kier alpha value is -2.63. The minimum absolute atomic E-state index is 0.125. The first-order valence-electron chi connectivity index (χ1n) is 7.89. The largest absolute Gasteiger partial charge is 0.351 e. The number of hydrogen-bond acceptors (Lipinski definition) is 4. The molecule has 0 atom stereocenters. The standard InChI is InChI=1S/C17H21N5O/c1-4-5-10-21-17(23)22-13(3)11-15(19-16(22)20-21)18-14-8-6-12(2)7-9-14/h6-9,11H,4-5,10H2,1-3H3,(H,18,19,20). The van der Waals surface area contributed by atoms with Gasteiger partial charge in [-0.25, -0.2) is 13.9 Å². The van der Waals surface area contributed by atoms with Crippen LogP contribution in [0.4, 0.5) is 11.5 Å². The van der Waals surface area contributed by atoms with Crippen molar-refractivity contribution in [2.75, 3.05) is 5.32 Å². The number of unbranched alkanes of at least 4 members (excludes halogenated alkanes) is 1. The molecule has 0 aliphatic carbocycles. The second-order valence-corrected chi connectivity index (χ2v) is 5.77. The van der Waals surface area contributed by atoms with Crippen molar-refractivity contribution in [3.63, 3.8) is 0 Å². The summed E-state index contributed by atoms with van der Waals surface area (Å²) in [5.74, 6) is 1.12. The maximum atomic E-state index is 12.4. The van der Waals surface area contributed by atoms with Crippen molar-refractivity contribution in [2.45, 2.75) is 40.2 Å². The van der Waals surface area contributed by atoms with Crippen LogP contribution in [0.1, 0.15) is 31.0 Å². The first-order valence-corrected chi connectivity index (χ1v) is 7.89. The number of nitrogens with zero attached hydrogens (tertiary/aromatic N) is 4. The molecule has 0 saturated heterocycles. The maximum absolute atomic E-state index is 12.4. The molecule has 0 fully saturated rings. The van der Waals surface area contributed by atoms with Crippen LogP contribution in [-0.4, -0.2) is 19.2 Å². The second kappa shape index (κ2) is 6.24. The molecule has 2 aromatic heterocycles. The van der Waals surface area contributed by atoms with Gasteiger partial charge in [-0.3, -0.25) is 0 Å². The summed E-state index contributed by atoms with van der Waals surface area (Å²) in [5.41, 5.74) is 2.86. The highest BCUT2D eigenvalue weighted by molar-refractivity contribution is 5.58. The van der Waals surface area contributed by atoms with E-state index in [0.717, 1.165) is 24.2 Å². The van der Waals surface area contributed by atoms with Gasteiger partial charge in [-0.05, 0) is 32.4 Å². The molecule has 0 aliphatic heterocycles. The van der Waals surface area contributed by atoms with Gasteiger partial charge in [-0.15, -0.1) is 5.10 Å². The van der Waals surface area contributed by atoms with Crippen molar-refractivity contribution in [3.8, 4) is 0 Å². The molecule has 0 saturated carbocycles. The molecule has 6 heteroatoms. The zero-order valence-corrected chi connectivity index (χ0v) is 13.7. The quantitative estimate of drug-likeness (QED) is 0.786. The lowest BCUT2D eigenvalue weighted by atomic mass is 10.2. The molecule has 2 heterocycles. The van der Waals surface area contributed by atoms with Gasteiger partial charge in [0.2, 0.25) is 0 Å². The summed E-state index contributed by atoms with van der Waals surface area (Å²) < 4.78 is 3.05. The smallest absolute Gasteiger partial charge is 0.340 e. The van der Waals surface area contributed by atoms with Crippen LogP contribution in [0.3, 0.4) is 0 Å². The van der Waals surface area contributed by atoms with Gasteiger partial charge in [0.25, 0.3) is 5.78 Å². The Kier molecular flexibility index (Phi) is 4.14. The highest BCUT2D eigenvalue weighted by atomic mass is 16.2. The number of rotatable bonds is 5. The third-order valence-electron chi connectivity index (χ3n) is 3.79. The van der Waals surface area contributed by atoms with E-state index in [0.29, 0.717) is 18.1 Å². The predicted octanol–water partition coefficient (Wildman–Crippen LogP) is 3.05. The SMILES string of the molecule is CCCCn1nc2nc(Nc3ccc(C)cc3)cc(C)n2c1=O. The number of aromatic nitrogens is 4. The molecule has 1 N–H and O–H groups in total. The third kappa shape index (κ3) is 3.11. The normalized spacial score (nSPS) is 11.1. The predicted molar refractivity (Wildman–Crippen MR) is 91.4 cm³/mol. The van der Waals surface area contributed by atoms with E-state index < -0.39 is 0 Å². The average molecular weight is 311 g/mol. The molecule has 1 aromatic carbocycles. The maximum Gasteiger partial charge on any atom is 0.351 e. The molecule has 3 aromatic rings. The lowest BCUT2D eigenvalue weighted by Crippen LogP contribution is -2.22. The van der Waals surface area contributed by atoms with Crippen LogP contribution < -0.4 is 11.0 Å². The summed E-state index contributed by atoms with van der Waals surface area (Å²) in [6.45, 7) is 6.66. The number of aryl methyl sites for hydroxylation is 3. The minimum atomic E-state index is -0.125. The Morgan fingerprint density at radius 1 is 1.17 bits per heavy atom. The number of benzene rings is 1. The van der Waals surface area contributed by atoms with Gasteiger partial charge in [0.05, 0.1) is 0 Å². The van der Waals surface area contributed by atoms with E-state index in [2.05, 4.69) is 22.3 Å². The fourth-order valence-electron chi connectivity index (χ4n) is 2.48. The van der Waals surface area contributed by atoms with Crippen molar-refractivity contribution >= 4 is 17.3 Å². The first kappa shape index (κ1) is 15.3. The van der Waals surface area contributed by atoms with Crippen molar-refractivity contribution in [3.05, 3.63) is 52.1 Å². The number of fused-ring (bicyclic) bond motifs is 1. The molecule has 23 heavy (non-hydrogen) atoms. The molecular weight excluding hydrogens is 290 g/mol. The molecule has 0 spiro atoms. The zero-order valence-electron chi connectivity index (χ0n) is 13.7. The summed E-state index contributed by atoms with van der Waals surface area (Å²) in [6, 6.07) is 9.95. The Morgan fingerprint density at radius 2 is 1.91 bits per heavy atom. The lowest BCUT2D eigenvalue weighted by molar-refractivity contribution is 0.553. The van der Waals surface area contributed by atoms with Gasteiger partial charge in [0.1, 0.15) is 5.82 Å². The second-order valence-electron chi connectivity index (χ2n) is 5.77. The Morgan fingerprint density at radius 3 is 2.61 bits per heavy atom. The Balaban J connectivity index is 1.97. The molecule has 3 rings (SSSR count). The summed E-state index contributed by atoms with van der Waals surface area (Å²) in [4.78, 5) is 16.8. The van der Waals surface area contributed by atoms with Crippen LogP contribution in [0, 0.1) is 13.8 Å². The van der Waals surface area contributed by atoms with E-state index >= 15 is 0 Å². The molecule has 6 nitrogen and oxygen atoms in total. The molecular formula is C17H21N5O. The Labute approximate surface area is 134 Å². The van der Waals surface area contributed by atoms with Crippen LogP contribution in [0.2, 0.25) is 0 Å². The van der Waals surface area contributed by atoms with E-state index in [1.807, 2.05) is 44.2 Å².